The minimum atomic E-state index is -0.555. The van der Waals surface area contributed by atoms with Gasteiger partial charge in [-0.05, 0) is 0 Å². The first kappa shape index (κ1) is 25.6. The second kappa shape index (κ2) is 7.92. The van der Waals surface area contributed by atoms with Crippen molar-refractivity contribution in [3.05, 3.63) is 35.3 Å². The summed E-state index contributed by atoms with van der Waals surface area (Å²) >= 11 is 2.17. The van der Waals surface area contributed by atoms with Crippen LogP contribution in [-0.4, -0.2) is 16.6 Å². The van der Waals surface area contributed by atoms with Gasteiger partial charge in [-0.2, -0.15) is 0 Å². The summed E-state index contributed by atoms with van der Waals surface area (Å²) in [5, 5.41) is 26.8. The normalized spacial score (nSPS) is 36.3. The molecule has 3 aliphatic heterocycles. The largest absolute Gasteiger partial charge is 0.147 e. The van der Waals surface area contributed by atoms with E-state index >= 15 is 0 Å². The molecule has 0 aromatic rings. The maximum absolute atomic E-state index is 4.62. The van der Waals surface area contributed by atoms with Gasteiger partial charge in [-0.15, -0.1) is 37.2 Å². The Morgan fingerprint density at radius 3 is 1.04 bits per heavy atom. The van der Waals surface area contributed by atoms with Crippen LogP contribution < -0.4 is 0 Å². The summed E-state index contributed by atoms with van der Waals surface area (Å²) in [5.74, 6) is 0. The quantitative estimate of drug-likeness (QED) is 0.446. The van der Waals surface area contributed by atoms with E-state index in [2.05, 4.69) is 90.1 Å². The summed E-state index contributed by atoms with van der Waals surface area (Å²) in [5.41, 5.74) is 1.08. The standard InChI is InChI=1S/C16H21N6.3ClH.Ti/c1-10-7-14(4,20-17-10)13(15(5)8-11(2)18-21-15)16(6)9-12(3)19-22-16;;;;/h7-9H,1-6H3;3*1H;. The van der Waals surface area contributed by atoms with Crippen LogP contribution in [0.25, 0.3) is 0 Å². The molecule has 0 aliphatic carbocycles. The van der Waals surface area contributed by atoms with Gasteiger partial charge in [-0.25, -0.2) is 0 Å². The Hall–Kier alpha value is -0.396. The molecular formula is C16H24Cl3N6Ti. The van der Waals surface area contributed by atoms with Crippen molar-refractivity contribution in [2.24, 2.45) is 30.7 Å². The smallest absolute Gasteiger partial charge is 0.147 e. The van der Waals surface area contributed by atoms with Gasteiger partial charge in [-0.3, -0.25) is 0 Å². The molecule has 0 aromatic carbocycles. The van der Waals surface area contributed by atoms with Crippen LogP contribution in [-0.2, 0) is 20.4 Å². The molecule has 3 aliphatic rings. The molecule has 0 amide bonds. The molecule has 10 heteroatoms. The monoisotopic (exact) mass is 453 g/mol. The number of hydrogen-bond acceptors (Lipinski definition) is 6. The summed E-state index contributed by atoms with van der Waals surface area (Å²) in [7, 11) is 0. The summed E-state index contributed by atoms with van der Waals surface area (Å²) in [6.07, 6.45) is 6.33. The Balaban J connectivity index is 0.00000208. The van der Waals surface area contributed by atoms with Gasteiger partial charge < -0.3 is 0 Å². The Bertz CT molecular complexity index is 661. The Kier molecular flexibility index (Phi) is 7.80. The average Bonchev–Trinajstić information content (AvgIpc) is 3.10. The minimum Gasteiger partial charge on any atom is -0.147 e. The summed E-state index contributed by atoms with van der Waals surface area (Å²) in [6, 6.07) is 0. The van der Waals surface area contributed by atoms with E-state index in [1.807, 2.05) is 20.8 Å². The Morgan fingerprint density at radius 2 is 0.885 bits per heavy atom. The van der Waals surface area contributed by atoms with Gasteiger partial charge >= 0.3 is 148 Å². The molecular weight excluding hydrogens is 430 g/mol. The van der Waals surface area contributed by atoms with Crippen molar-refractivity contribution in [1.29, 1.82) is 0 Å². The van der Waals surface area contributed by atoms with Gasteiger partial charge in [0.25, 0.3) is 0 Å². The Morgan fingerprint density at radius 1 is 0.654 bits per heavy atom. The molecule has 0 saturated carbocycles. The van der Waals surface area contributed by atoms with Crippen LogP contribution in [0.1, 0.15) is 41.5 Å². The van der Waals surface area contributed by atoms with Crippen molar-refractivity contribution in [1.82, 2.24) is 0 Å². The van der Waals surface area contributed by atoms with Crippen LogP contribution in [0.5, 0.6) is 0 Å². The fraction of sp³-hybridized carbons (Fsp3) is 0.625. The number of hydrogen-bond donors (Lipinski definition) is 0. The van der Waals surface area contributed by atoms with Crippen molar-refractivity contribution in [2.75, 3.05) is 0 Å². The van der Waals surface area contributed by atoms with Crippen LogP contribution in [0.15, 0.2) is 66.0 Å². The predicted octanol–water partition coefficient (Wildman–Crippen LogP) is 6.34. The fourth-order valence-corrected chi connectivity index (χ4v) is 4.60. The fourth-order valence-electron chi connectivity index (χ4n) is 4.03. The summed E-state index contributed by atoms with van der Waals surface area (Å²) in [4.78, 5) is 0. The van der Waals surface area contributed by atoms with E-state index < -0.39 is 20.3 Å². The second-order valence-corrected chi connectivity index (χ2v) is 8.32. The third kappa shape index (κ3) is 3.39. The maximum atomic E-state index is 4.62. The maximum Gasteiger partial charge on any atom is -0.147 e. The molecule has 0 N–H and O–H groups in total. The van der Waals surface area contributed by atoms with Crippen molar-refractivity contribution in [2.45, 2.75) is 61.9 Å². The van der Waals surface area contributed by atoms with E-state index in [0.29, 0.717) is 0 Å². The molecule has 143 valence electrons. The summed E-state index contributed by atoms with van der Waals surface area (Å²) in [6.45, 7) is 12.2. The molecule has 0 saturated heterocycles. The van der Waals surface area contributed by atoms with Crippen LogP contribution in [0.4, 0.5) is 0 Å². The number of halogens is 3. The Labute approximate surface area is 184 Å². The number of rotatable bonds is 3. The molecule has 3 rings (SSSR count). The molecule has 3 unspecified atom stereocenters. The summed E-state index contributed by atoms with van der Waals surface area (Å²) < 4.78 is -0.517. The predicted molar refractivity (Wildman–Crippen MR) is 105 cm³/mol. The van der Waals surface area contributed by atoms with Gasteiger partial charge in [-0.1, -0.05) is 0 Å². The van der Waals surface area contributed by atoms with Crippen LogP contribution in [0, 0.1) is 0 Å². The van der Waals surface area contributed by atoms with E-state index in [-0.39, 0.29) is 37.2 Å². The number of azo groups is 3. The van der Waals surface area contributed by atoms with Crippen molar-refractivity contribution in [3.8, 4) is 0 Å². The average molecular weight is 455 g/mol. The molecule has 3 atom stereocenters. The molecule has 26 heavy (non-hydrogen) atoms. The van der Waals surface area contributed by atoms with Crippen molar-refractivity contribution in [3.63, 3.8) is 0 Å². The number of nitrogens with zero attached hydrogens (tertiary/aromatic N) is 6. The zero-order chi connectivity index (χ0) is 17.1. The molecule has 0 aromatic heterocycles. The third-order valence-corrected chi connectivity index (χ3v) is 7.36. The van der Waals surface area contributed by atoms with Crippen molar-refractivity contribution < 1.29 is 20.4 Å². The third-order valence-electron chi connectivity index (χ3n) is 4.99. The molecule has 0 spiro atoms. The molecule has 3 heterocycles. The van der Waals surface area contributed by atoms with Gasteiger partial charge in [0.05, 0.1) is 0 Å². The minimum absolute atomic E-state index is 0. The molecule has 0 fully saturated rings. The van der Waals surface area contributed by atoms with E-state index in [1.54, 1.807) is 0 Å². The van der Waals surface area contributed by atoms with Gasteiger partial charge in [0, 0.05) is 0 Å². The SMILES string of the molecule is CC1=CC(C)([C]([Ti])(C2(C)C=C(C)N=N2)C2(C)C=C(C)N=N2)N=N1.Cl.Cl.Cl. The second-order valence-electron chi connectivity index (χ2n) is 7.15. The van der Waals surface area contributed by atoms with Crippen molar-refractivity contribution >= 4 is 37.2 Å². The first-order chi connectivity index (χ1) is 10.6. The molecule has 0 bridgehead atoms. The van der Waals surface area contributed by atoms with Crippen LogP contribution >= 0.6 is 37.2 Å². The number of allylic oxidation sites excluding steroid dienone is 3. The van der Waals surface area contributed by atoms with Gasteiger partial charge in [0.1, 0.15) is 0 Å². The molecule has 6 nitrogen and oxygen atoms in total. The van der Waals surface area contributed by atoms with Gasteiger partial charge in [0.2, 0.25) is 0 Å². The van der Waals surface area contributed by atoms with Crippen LogP contribution in [0.2, 0.25) is 3.72 Å². The van der Waals surface area contributed by atoms with Gasteiger partial charge in [0.15, 0.2) is 0 Å². The van der Waals surface area contributed by atoms with E-state index in [0.717, 1.165) is 17.1 Å². The first-order valence-electron chi connectivity index (χ1n) is 7.67. The molecule has 0 radical (unpaired) electrons. The zero-order valence-electron chi connectivity index (χ0n) is 15.6. The van der Waals surface area contributed by atoms with E-state index in [1.165, 1.54) is 0 Å². The zero-order valence-corrected chi connectivity index (χ0v) is 19.7. The van der Waals surface area contributed by atoms with Crippen LogP contribution in [0.3, 0.4) is 0 Å². The van der Waals surface area contributed by atoms with E-state index in [9.17, 15) is 0 Å². The first-order valence-corrected chi connectivity index (χ1v) is 8.45. The van der Waals surface area contributed by atoms with E-state index in [4.69, 9.17) is 0 Å². The topological polar surface area (TPSA) is 74.2 Å².